The average Bonchev–Trinajstić information content (AvgIpc) is 0.810. The van der Waals surface area contributed by atoms with E-state index in [4.69, 9.17) is 23.1 Å². The molecule has 0 saturated carbocycles. The third-order valence-electron chi connectivity index (χ3n) is 20.2. The van der Waals surface area contributed by atoms with Crippen molar-refractivity contribution in [2.45, 2.75) is 175 Å². The molecule has 0 aliphatic carbocycles. The second-order valence-corrected chi connectivity index (χ2v) is 38.1. The van der Waals surface area contributed by atoms with Crippen LogP contribution >= 0.6 is 43.5 Å². The zero-order chi connectivity index (χ0) is 108. The summed E-state index contributed by atoms with van der Waals surface area (Å²) in [5.41, 5.74) is 1.42. The Kier molecular flexibility index (Phi) is 69.4. The molecular formula is C98H99B2Br2ClF21K5N6O12Si. The molecule has 776 valence electrons. The monoisotopic (exact) mass is 2390 g/mol. The normalized spacial score (nSPS) is 12.6. The Hall–Kier alpha value is -3.70. The number of hydrogen-bond acceptors (Lipinski definition) is 17. The van der Waals surface area contributed by atoms with Gasteiger partial charge in [0.1, 0.15) is 41.7 Å². The Balaban J connectivity index is -0.00000177. The van der Waals surface area contributed by atoms with Gasteiger partial charge in [0, 0.05) is 50.9 Å². The topological polar surface area (TPSA) is 235 Å². The first-order valence-electron chi connectivity index (χ1n) is 42.9. The molecule has 7 aromatic carbocycles. The van der Waals surface area contributed by atoms with Crippen LogP contribution in [0.4, 0.5) is 92.2 Å². The van der Waals surface area contributed by atoms with E-state index in [0.717, 1.165) is 161 Å². The third kappa shape index (κ3) is 52.6. The summed E-state index contributed by atoms with van der Waals surface area (Å²) in [4.78, 5) is 96.0. The number of hydrogen-bond donors (Lipinski definition) is 1. The molecule has 0 bridgehead atoms. The van der Waals surface area contributed by atoms with Gasteiger partial charge in [-0.2, -0.15) is 92.2 Å². The first-order chi connectivity index (χ1) is 66.8. The molecule has 0 spiro atoms. The van der Waals surface area contributed by atoms with E-state index in [0.29, 0.717) is 52.8 Å². The number of carboxylic acid groups (broad SMARTS) is 1. The van der Waals surface area contributed by atoms with Gasteiger partial charge < -0.3 is 44.7 Å². The van der Waals surface area contributed by atoms with Crippen LogP contribution in [-0.4, -0.2) is 281 Å². The molecule has 2 aliphatic heterocycles. The number of methoxy groups -OCH3 is 4. The molecule has 2 radical (unpaired) electrons. The van der Waals surface area contributed by atoms with Gasteiger partial charge in [0.25, 0.3) is 14.8 Å². The number of rotatable bonds is 20. The van der Waals surface area contributed by atoms with Crippen molar-refractivity contribution in [2.24, 2.45) is 0 Å². The minimum atomic E-state index is -4.87. The molecule has 2 fully saturated rings. The summed E-state index contributed by atoms with van der Waals surface area (Å²) in [6, 6.07) is 30.2. The van der Waals surface area contributed by atoms with Gasteiger partial charge in [0.15, 0.2) is 0 Å². The van der Waals surface area contributed by atoms with Crippen LogP contribution in [0.2, 0.25) is 24.8 Å². The number of terminal acetylenes is 1. The number of nitrogens with zero attached hydrogens (tertiary/aromatic N) is 6. The number of halogens is 24. The van der Waals surface area contributed by atoms with Gasteiger partial charge in [-0.1, -0.05) is 189 Å². The molecule has 0 atom stereocenters. The van der Waals surface area contributed by atoms with Crippen LogP contribution in [0.3, 0.4) is 0 Å². The molecule has 18 nitrogen and oxygen atoms in total. The number of carbonyl (C=O) groups excluding carboxylic acids is 6. The number of benzene rings is 7. The summed E-state index contributed by atoms with van der Waals surface area (Å²) in [6.45, 7) is 9.21. The standard InChI is InChI=1S/C30H25BF6N3O3.C18H17BClF3N3O.C15H17F3O2Si.C12H9F3O2.C10H8BrF3O2.C9H6BrF3O2.4CH4.5K.H/c1-43-28(42)16-23-6-8-24(29(32,33)34)15-22(23)7-9-26-25(30(35,36)37)17-38-27(39-26)14-19-2-4-20(5-3-19)21-10-12-40(13-11-21)31-18-41;20-17-15(18(21,22)23)10-24-16(25-17)9-12-1-3-13(4-2-12)14-5-7-26(8-6-14)19-11-27;1-20-14(19)10-11-5-6-13(15(16,17)18)9-12(11)7-8-21(2,3)4;1-3-8-6-10(12(13,14)15)5-4-9(8)7-11(16)17-2;1-16-9(15)4-6-2-3-7(5-8(6)11)10(12,13)14;10-7-4-6(9(11,12)13)2-1-5(7)3-8(14)15;;;;;;;;;;/h2-6,8,15,17-18,21H,10-14,16H2,1H3;1-4,10-11,14H,5-9H2;5-6,9H,10H2,1-4H3;1,4-6H,7H2,2H3;2-3,5H,4H2,1H3;1-2,4H,3H2,(H,14,15);4*1H4;;;;;;/q;;;;;;;;;;;;;;+1;-1. The van der Waals surface area contributed by atoms with Gasteiger partial charge in [0.2, 0.25) is 0 Å². The molecule has 2 aliphatic rings. The molecule has 9 aromatic rings. The molecule has 0 amide bonds. The number of piperidine rings is 2. The van der Waals surface area contributed by atoms with Crippen molar-refractivity contribution in [2.75, 3.05) is 54.6 Å². The molecule has 11 rings (SSSR count). The van der Waals surface area contributed by atoms with E-state index in [1.807, 2.05) is 77.8 Å². The predicted octanol–water partition coefficient (Wildman–Crippen LogP) is 19.4. The Labute approximate surface area is 1000 Å². The average molecular weight is 2390 g/mol. The van der Waals surface area contributed by atoms with E-state index in [1.165, 1.54) is 179 Å². The third-order valence-corrected chi connectivity index (χ3v) is 22.8. The van der Waals surface area contributed by atoms with Gasteiger partial charge in [0.05, 0.1) is 101 Å². The Morgan fingerprint density at radius 2 is 0.736 bits per heavy atom. The summed E-state index contributed by atoms with van der Waals surface area (Å²) in [5, 5.41) is 7.90. The van der Waals surface area contributed by atoms with E-state index >= 15 is 0 Å². The molecule has 2 aromatic heterocycles. The fourth-order valence-electron chi connectivity index (χ4n) is 12.9. The van der Waals surface area contributed by atoms with E-state index in [-0.39, 0.29) is 157 Å². The second-order valence-electron chi connectivity index (χ2n) is 31.3. The van der Waals surface area contributed by atoms with Crippen molar-refractivity contribution in [1.29, 1.82) is 0 Å². The minimum absolute atomic E-state index is 0. The molecule has 50 heteroatoms. The maximum absolute atomic E-state index is 13.8. The SMILES string of the molecule is C.C.C.C.C#Cc1cc(C(F)(F)F)ccc1CC(=O)OC.COC(=O)Cc1ccc(C(F)(F)F)cc1Br.COC(=O)Cc1ccc(C(F)(F)F)cc1C#C[Si](C)(C)C.COC(=O)Cc1ccc(C(F)(F)F)cc1C#Cc1nc(Cc2ccc(C3CCN([B]C=O)CC3)cc2)ncc1C(F)(F)F.O=C(O)Cc1ccc(C(F)(F)F)cc1Br.O=C[B]N1CCC(c2ccc(Cc3ncc(C(F)(F)F)c(Cl)n3)cc2)CC1.[H-].[K+].[K][K].[K][K]. The van der Waals surface area contributed by atoms with Crippen molar-refractivity contribution in [3.63, 3.8) is 0 Å². The summed E-state index contributed by atoms with van der Waals surface area (Å²) in [7, 11) is 6.13. The van der Waals surface area contributed by atoms with E-state index < -0.39 is 137 Å². The van der Waals surface area contributed by atoms with Gasteiger partial charge in [-0.05, 0) is 180 Å². The summed E-state index contributed by atoms with van der Waals surface area (Å²) < 4.78 is 287. The van der Waals surface area contributed by atoms with Crippen LogP contribution in [0.25, 0.3) is 0 Å². The first-order valence-corrected chi connectivity index (χ1v) is 80.3. The van der Waals surface area contributed by atoms with Gasteiger partial charge in [-0.3, -0.25) is 24.0 Å². The van der Waals surface area contributed by atoms with Crippen LogP contribution in [0, 0.1) is 35.6 Å². The van der Waals surface area contributed by atoms with Gasteiger partial charge in [-0.15, -0.1) is 12.0 Å². The number of carbonyl (C=O) groups is 7. The molecule has 0 unspecified atom stereocenters. The van der Waals surface area contributed by atoms with Gasteiger partial charge in [-0.25, -0.2) is 19.9 Å². The summed E-state index contributed by atoms with van der Waals surface area (Å²) >= 11 is 16.5. The van der Waals surface area contributed by atoms with Crippen molar-refractivity contribution in [1.82, 2.24) is 29.6 Å². The number of ether oxygens (including phenoxy) is 4. The fourth-order valence-corrected chi connectivity index (χ4v) is 14.7. The van der Waals surface area contributed by atoms with Gasteiger partial charge >= 0.3 is 251 Å². The number of esters is 4. The van der Waals surface area contributed by atoms with Crippen LogP contribution < -0.4 is 51.4 Å². The van der Waals surface area contributed by atoms with Crippen LogP contribution in [-0.2, 0) is 141 Å². The zero-order valence-electron chi connectivity index (χ0n) is 80.3. The fraction of sp³-hybridized carbons (Fsp3) is 0.357. The number of alkyl halides is 21. The molecule has 4 heterocycles. The van der Waals surface area contributed by atoms with E-state index in [1.54, 1.807) is 7.41 Å². The van der Waals surface area contributed by atoms with Crippen LogP contribution in [0.1, 0.15) is 192 Å². The molecule has 1 N–H and O–H groups in total. The van der Waals surface area contributed by atoms with Crippen molar-refractivity contribution < 1.29 is 203 Å². The Morgan fingerprint density at radius 1 is 0.446 bits per heavy atom. The van der Waals surface area contributed by atoms with E-state index in [9.17, 15) is 126 Å². The summed E-state index contributed by atoms with van der Waals surface area (Å²) in [5.74, 6) is 7.19. The Morgan fingerprint density at radius 3 is 1.03 bits per heavy atom. The zero-order valence-corrected chi connectivity index (χ0v) is 99.8. The van der Waals surface area contributed by atoms with Crippen LogP contribution in [0.5, 0.6) is 0 Å². The molecule has 148 heavy (non-hydrogen) atoms. The predicted molar refractivity (Wildman–Crippen MR) is 532 cm³/mol. The summed E-state index contributed by atoms with van der Waals surface area (Å²) in [6.07, 6.45) is -20.7. The number of aliphatic carboxylic acids is 1. The van der Waals surface area contributed by atoms with E-state index in [2.05, 4.69) is 100.0 Å². The quantitative estimate of drug-likeness (QED) is 0.0142. The van der Waals surface area contributed by atoms with Crippen molar-refractivity contribution in [3.8, 4) is 35.6 Å². The number of carboxylic acids is 1. The van der Waals surface area contributed by atoms with Crippen molar-refractivity contribution in [3.05, 3.63) is 289 Å². The van der Waals surface area contributed by atoms with Crippen molar-refractivity contribution >= 4 is 235 Å². The maximum atomic E-state index is 13.8. The Bertz CT molecular complexity index is 5980. The van der Waals surface area contributed by atoms with Crippen LogP contribution in [0.15, 0.2) is 161 Å². The second kappa shape index (κ2) is 70.2. The number of aromatic nitrogens is 4. The molecule has 2 saturated heterocycles. The first kappa shape index (κ1) is 146. The molecular weight excluding hydrogens is 2290 g/mol.